The predicted molar refractivity (Wildman–Crippen MR) is 149 cm³/mol. The molecule has 0 atom stereocenters. The number of anilines is 5. The molecule has 4 heterocycles. The van der Waals surface area contributed by atoms with E-state index in [1.165, 1.54) is 13.2 Å². The molecule has 3 aromatic rings. The van der Waals surface area contributed by atoms with Crippen LogP contribution in [0.25, 0.3) is 0 Å². The number of nitrogens with one attached hydrogen (secondary N) is 2. The quantitative estimate of drug-likeness (QED) is 0.468. The van der Waals surface area contributed by atoms with Gasteiger partial charge in [0.05, 0.1) is 18.2 Å². The lowest BCUT2D eigenvalue weighted by Crippen LogP contribution is -2.43. The number of rotatable bonds is 7. The number of pyridine rings is 1. The molecule has 5 rings (SSSR count). The zero-order chi connectivity index (χ0) is 27.1. The number of piperazine rings is 1. The molecule has 2 aliphatic rings. The molecule has 38 heavy (non-hydrogen) atoms. The second-order valence-corrected chi connectivity index (χ2v) is 12.1. The highest BCUT2D eigenvalue weighted by Crippen LogP contribution is 2.41. The van der Waals surface area contributed by atoms with Crippen LogP contribution in [0.3, 0.4) is 0 Å². The standard InChI is InChI=1S/C26H32N8O3S/c1-26(2)21-16-29-25(30-19-7-9-20(10-8-19)33-14-12-27-13-15-33)31-23(21)34(24(26)35)17-18-6-5-11-28-22(18)32(3)38(4,36)37/h5-11,16,27H,12-15,17H2,1-4H3,(H,29,30,31). The van der Waals surface area contributed by atoms with Crippen molar-refractivity contribution in [3.05, 3.63) is 59.9 Å². The van der Waals surface area contributed by atoms with Gasteiger partial charge in [0.1, 0.15) is 11.6 Å². The van der Waals surface area contributed by atoms with E-state index in [1.54, 1.807) is 23.2 Å². The highest BCUT2D eigenvalue weighted by molar-refractivity contribution is 7.92. The van der Waals surface area contributed by atoms with Gasteiger partial charge in [-0.25, -0.2) is 18.4 Å². The molecule has 0 aliphatic carbocycles. The second-order valence-electron chi connectivity index (χ2n) is 10.1. The molecule has 0 radical (unpaired) electrons. The summed E-state index contributed by atoms with van der Waals surface area (Å²) in [6.45, 7) is 7.68. The maximum Gasteiger partial charge on any atom is 0.238 e. The summed E-state index contributed by atoms with van der Waals surface area (Å²) in [5, 5.41) is 6.61. The summed E-state index contributed by atoms with van der Waals surface area (Å²) < 4.78 is 25.5. The van der Waals surface area contributed by atoms with Crippen LogP contribution < -0.4 is 24.7 Å². The van der Waals surface area contributed by atoms with Gasteiger partial charge in [-0.3, -0.25) is 14.0 Å². The highest BCUT2D eigenvalue weighted by atomic mass is 32.2. The summed E-state index contributed by atoms with van der Waals surface area (Å²) in [4.78, 5) is 30.9. The van der Waals surface area contributed by atoms with Crippen molar-refractivity contribution in [2.45, 2.75) is 25.8 Å². The van der Waals surface area contributed by atoms with Crippen LogP contribution in [0.15, 0.2) is 48.8 Å². The summed E-state index contributed by atoms with van der Waals surface area (Å²) in [6.07, 6.45) is 4.33. The van der Waals surface area contributed by atoms with Crippen LogP contribution >= 0.6 is 0 Å². The van der Waals surface area contributed by atoms with Gasteiger partial charge in [0.25, 0.3) is 0 Å². The molecule has 0 bridgehead atoms. The number of benzene rings is 1. The lowest BCUT2D eigenvalue weighted by molar-refractivity contribution is -0.122. The zero-order valence-corrected chi connectivity index (χ0v) is 22.8. The van der Waals surface area contributed by atoms with Crippen LogP contribution in [0.5, 0.6) is 0 Å². The van der Waals surface area contributed by atoms with Gasteiger partial charge in [0, 0.05) is 68.1 Å². The Hall–Kier alpha value is -3.77. The van der Waals surface area contributed by atoms with E-state index >= 15 is 0 Å². The van der Waals surface area contributed by atoms with Crippen molar-refractivity contribution in [1.29, 1.82) is 0 Å². The third-order valence-corrected chi connectivity index (χ3v) is 8.24. The van der Waals surface area contributed by atoms with Gasteiger partial charge >= 0.3 is 0 Å². The molecule has 2 aliphatic heterocycles. The Labute approximate surface area is 223 Å². The van der Waals surface area contributed by atoms with Crippen molar-refractivity contribution >= 4 is 44.9 Å². The monoisotopic (exact) mass is 536 g/mol. The Morgan fingerprint density at radius 3 is 2.50 bits per heavy atom. The van der Waals surface area contributed by atoms with Crippen molar-refractivity contribution in [3.8, 4) is 0 Å². The molecule has 1 saturated heterocycles. The average Bonchev–Trinajstić information content (AvgIpc) is 3.09. The number of carbonyl (C=O) groups excluding carboxylic acids is 1. The first-order chi connectivity index (χ1) is 18.1. The van der Waals surface area contributed by atoms with Crippen molar-refractivity contribution < 1.29 is 13.2 Å². The minimum absolute atomic E-state index is 0.119. The SMILES string of the molecule is CN(c1ncccc1CN1C(=O)C(C)(C)c2cnc(Nc3ccc(N4CCNCC4)cc3)nc21)S(C)(=O)=O. The molecule has 1 aromatic carbocycles. The molecule has 200 valence electrons. The van der Waals surface area contributed by atoms with Gasteiger partial charge in [0.15, 0.2) is 0 Å². The molecule has 2 aromatic heterocycles. The lowest BCUT2D eigenvalue weighted by atomic mass is 9.88. The molecule has 0 saturated carbocycles. The van der Waals surface area contributed by atoms with E-state index in [1.807, 2.05) is 26.0 Å². The van der Waals surface area contributed by atoms with E-state index in [4.69, 9.17) is 4.98 Å². The Morgan fingerprint density at radius 1 is 1.11 bits per heavy atom. The van der Waals surface area contributed by atoms with Gasteiger partial charge in [-0.1, -0.05) is 6.07 Å². The van der Waals surface area contributed by atoms with Crippen LogP contribution in [-0.4, -0.2) is 68.8 Å². The van der Waals surface area contributed by atoms with Crippen LogP contribution in [0, 0.1) is 0 Å². The maximum atomic E-state index is 13.5. The molecule has 1 fully saturated rings. The molecule has 12 heteroatoms. The number of carbonyl (C=O) groups is 1. The van der Waals surface area contributed by atoms with E-state index in [9.17, 15) is 13.2 Å². The van der Waals surface area contributed by atoms with E-state index in [0.29, 0.717) is 22.9 Å². The van der Waals surface area contributed by atoms with Crippen LogP contribution in [0.1, 0.15) is 25.0 Å². The molecule has 11 nitrogen and oxygen atoms in total. The second kappa shape index (κ2) is 9.84. The van der Waals surface area contributed by atoms with Crippen molar-refractivity contribution in [2.75, 3.05) is 58.9 Å². The lowest BCUT2D eigenvalue weighted by Gasteiger charge is -2.29. The van der Waals surface area contributed by atoms with Gasteiger partial charge in [-0.05, 0) is 44.2 Å². The largest absolute Gasteiger partial charge is 0.369 e. The fourth-order valence-electron chi connectivity index (χ4n) is 4.75. The predicted octanol–water partition coefficient (Wildman–Crippen LogP) is 2.24. The van der Waals surface area contributed by atoms with Gasteiger partial charge in [0.2, 0.25) is 21.9 Å². The normalized spacial score (nSPS) is 16.9. The summed E-state index contributed by atoms with van der Waals surface area (Å²) in [5.41, 5.74) is 2.47. The zero-order valence-electron chi connectivity index (χ0n) is 22.0. The summed E-state index contributed by atoms with van der Waals surface area (Å²) in [6, 6.07) is 11.6. The summed E-state index contributed by atoms with van der Waals surface area (Å²) in [5.74, 6) is 0.989. The Kier molecular flexibility index (Phi) is 6.70. The third-order valence-electron chi connectivity index (χ3n) is 7.07. The van der Waals surface area contributed by atoms with Crippen LogP contribution in [-0.2, 0) is 26.8 Å². The number of fused-ring (bicyclic) bond motifs is 1. The Morgan fingerprint density at radius 2 is 1.82 bits per heavy atom. The number of aromatic nitrogens is 3. The number of amides is 1. The first kappa shape index (κ1) is 25.9. The molecular weight excluding hydrogens is 504 g/mol. The topological polar surface area (TPSA) is 124 Å². The van der Waals surface area contributed by atoms with Crippen LogP contribution in [0.4, 0.5) is 29.0 Å². The minimum Gasteiger partial charge on any atom is -0.369 e. The van der Waals surface area contributed by atoms with E-state index < -0.39 is 15.4 Å². The fourth-order valence-corrected chi connectivity index (χ4v) is 5.23. The number of hydrogen-bond acceptors (Lipinski definition) is 9. The number of sulfonamides is 1. The first-order valence-electron chi connectivity index (χ1n) is 12.5. The highest BCUT2D eigenvalue weighted by Gasteiger charge is 2.45. The van der Waals surface area contributed by atoms with Gasteiger partial charge in [-0.15, -0.1) is 0 Å². The number of hydrogen-bond donors (Lipinski definition) is 2. The third kappa shape index (κ3) is 4.88. The van der Waals surface area contributed by atoms with Crippen LogP contribution in [0.2, 0.25) is 0 Å². The molecule has 0 spiro atoms. The Balaban J connectivity index is 1.42. The summed E-state index contributed by atoms with van der Waals surface area (Å²) >= 11 is 0. The van der Waals surface area contributed by atoms with Crippen molar-refractivity contribution in [2.24, 2.45) is 0 Å². The van der Waals surface area contributed by atoms with Gasteiger partial charge < -0.3 is 15.5 Å². The number of nitrogens with zero attached hydrogens (tertiary/aromatic N) is 6. The minimum atomic E-state index is -3.54. The Bertz CT molecular complexity index is 1450. The maximum absolute atomic E-state index is 13.5. The van der Waals surface area contributed by atoms with E-state index in [0.717, 1.165) is 48.1 Å². The van der Waals surface area contributed by atoms with E-state index in [2.05, 4.69) is 37.6 Å². The fraction of sp³-hybridized carbons (Fsp3) is 0.385. The van der Waals surface area contributed by atoms with Crippen molar-refractivity contribution in [3.63, 3.8) is 0 Å². The first-order valence-corrected chi connectivity index (χ1v) is 14.3. The van der Waals surface area contributed by atoms with Crippen molar-refractivity contribution in [1.82, 2.24) is 20.3 Å². The smallest absolute Gasteiger partial charge is 0.238 e. The molecule has 2 N–H and O–H groups in total. The molecular formula is C26H32N8O3S. The van der Waals surface area contributed by atoms with Gasteiger partial charge in [-0.2, -0.15) is 4.98 Å². The molecule has 1 amide bonds. The summed E-state index contributed by atoms with van der Waals surface area (Å²) in [7, 11) is -2.09. The average molecular weight is 537 g/mol. The van der Waals surface area contributed by atoms with E-state index in [-0.39, 0.29) is 18.3 Å². The molecule has 0 unspecified atom stereocenters.